The Morgan fingerprint density at radius 3 is 2.93 bits per heavy atom. The number of rotatable bonds is 2. The summed E-state index contributed by atoms with van der Waals surface area (Å²) in [4.78, 5) is 0.362. The van der Waals surface area contributed by atoms with Crippen LogP contribution in [0.5, 0.6) is 5.75 Å². The Kier molecular flexibility index (Phi) is 2.44. The minimum absolute atomic E-state index is 0.0536. The predicted molar refractivity (Wildman–Crippen MR) is 56.8 cm³/mol. The molecule has 1 aromatic carbocycles. The van der Waals surface area contributed by atoms with Gasteiger partial charge in [-0.3, -0.25) is 0 Å². The highest BCUT2D eigenvalue weighted by atomic mass is 32.2. The van der Waals surface area contributed by atoms with Gasteiger partial charge in [-0.05, 0) is 30.8 Å². The highest BCUT2D eigenvalue weighted by Gasteiger charge is 2.34. The summed E-state index contributed by atoms with van der Waals surface area (Å²) in [6.07, 6.45) is 0. The van der Waals surface area contributed by atoms with Crippen molar-refractivity contribution in [3.63, 3.8) is 0 Å². The number of sulfone groups is 1. The summed E-state index contributed by atoms with van der Waals surface area (Å²) in [7, 11) is -1.36. The molecule has 0 aliphatic carbocycles. The van der Waals surface area contributed by atoms with Gasteiger partial charge in [0.1, 0.15) is 5.75 Å². The van der Waals surface area contributed by atoms with Gasteiger partial charge >= 0.3 is 0 Å². The molecule has 2 rings (SSSR count). The third-order valence-corrected chi connectivity index (χ3v) is 4.52. The lowest BCUT2D eigenvalue weighted by molar-refractivity contribution is 0.473. The molecule has 1 atom stereocenters. The number of benzene rings is 1. The zero-order valence-corrected chi connectivity index (χ0v) is 9.21. The van der Waals surface area contributed by atoms with E-state index in [9.17, 15) is 13.5 Å². The molecule has 0 bridgehead atoms. The summed E-state index contributed by atoms with van der Waals surface area (Å²) in [5, 5.41) is 12.3. The fraction of sp³-hybridized carbons (Fsp3) is 0.400. The molecule has 0 amide bonds. The quantitative estimate of drug-likeness (QED) is 0.771. The van der Waals surface area contributed by atoms with Gasteiger partial charge in [0.2, 0.25) is 0 Å². The third-order valence-electron chi connectivity index (χ3n) is 2.64. The SMILES string of the molecule is CNCC1CS(=O)(=O)c2ccc(O)cc21. The second-order valence-electron chi connectivity index (χ2n) is 3.76. The first kappa shape index (κ1) is 10.4. The van der Waals surface area contributed by atoms with Crippen molar-refractivity contribution in [2.45, 2.75) is 10.8 Å². The Hall–Kier alpha value is -1.07. The van der Waals surface area contributed by atoms with Gasteiger partial charge in [-0.15, -0.1) is 0 Å². The molecule has 2 N–H and O–H groups in total. The highest BCUT2D eigenvalue weighted by molar-refractivity contribution is 7.91. The molecule has 0 saturated carbocycles. The number of fused-ring (bicyclic) bond motifs is 1. The monoisotopic (exact) mass is 227 g/mol. The van der Waals surface area contributed by atoms with Crippen LogP contribution in [0.1, 0.15) is 11.5 Å². The maximum Gasteiger partial charge on any atom is 0.179 e. The number of aromatic hydroxyl groups is 1. The van der Waals surface area contributed by atoms with Crippen molar-refractivity contribution < 1.29 is 13.5 Å². The van der Waals surface area contributed by atoms with Crippen molar-refractivity contribution in [2.75, 3.05) is 19.3 Å². The van der Waals surface area contributed by atoms with Gasteiger partial charge in [-0.25, -0.2) is 8.42 Å². The Morgan fingerprint density at radius 2 is 2.27 bits per heavy atom. The van der Waals surface area contributed by atoms with Gasteiger partial charge in [0.05, 0.1) is 10.6 Å². The first-order valence-corrected chi connectivity index (χ1v) is 6.40. The van der Waals surface area contributed by atoms with Gasteiger partial charge in [-0.2, -0.15) is 0 Å². The van der Waals surface area contributed by atoms with Crippen molar-refractivity contribution in [1.29, 1.82) is 0 Å². The van der Waals surface area contributed by atoms with E-state index < -0.39 is 9.84 Å². The lowest BCUT2D eigenvalue weighted by Crippen LogP contribution is -2.18. The number of hydrogen-bond acceptors (Lipinski definition) is 4. The zero-order valence-electron chi connectivity index (χ0n) is 8.40. The van der Waals surface area contributed by atoms with Crippen LogP contribution in [0.4, 0.5) is 0 Å². The van der Waals surface area contributed by atoms with Crippen LogP contribution in [-0.4, -0.2) is 32.9 Å². The molecule has 1 aromatic rings. The van der Waals surface area contributed by atoms with E-state index in [4.69, 9.17) is 0 Å². The third kappa shape index (κ3) is 1.72. The van der Waals surface area contributed by atoms with Gasteiger partial charge in [-0.1, -0.05) is 0 Å². The molecule has 1 aliphatic heterocycles. The summed E-state index contributed by atoms with van der Waals surface area (Å²) < 4.78 is 23.5. The molecule has 0 fully saturated rings. The molecule has 0 radical (unpaired) electrons. The summed E-state index contributed by atoms with van der Waals surface area (Å²) >= 11 is 0. The van der Waals surface area contributed by atoms with Crippen LogP contribution in [0.25, 0.3) is 0 Å². The van der Waals surface area contributed by atoms with Crippen molar-refractivity contribution >= 4 is 9.84 Å². The minimum atomic E-state index is -3.14. The molecule has 0 aromatic heterocycles. The van der Waals surface area contributed by atoms with E-state index in [1.54, 1.807) is 13.1 Å². The molecule has 1 heterocycles. The second-order valence-corrected chi connectivity index (χ2v) is 5.76. The smallest absolute Gasteiger partial charge is 0.179 e. The van der Waals surface area contributed by atoms with E-state index >= 15 is 0 Å². The molecular weight excluding hydrogens is 214 g/mol. The van der Waals surface area contributed by atoms with Crippen LogP contribution in [0.2, 0.25) is 0 Å². The van der Waals surface area contributed by atoms with Gasteiger partial charge < -0.3 is 10.4 Å². The lowest BCUT2D eigenvalue weighted by atomic mass is 10.0. The van der Waals surface area contributed by atoms with E-state index in [-0.39, 0.29) is 17.4 Å². The first-order chi connectivity index (χ1) is 7.04. The van der Waals surface area contributed by atoms with Crippen LogP contribution in [-0.2, 0) is 9.84 Å². The summed E-state index contributed by atoms with van der Waals surface area (Å²) in [5.41, 5.74) is 0.726. The van der Waals surface area contributed by atoms with E-state index in [0.29, 0.717) is 11.4 Å². The summed E-state index contributed by atoms with van der Waals surface area (Å²) in [6, 6.07) is 4.44. The van der Waals surface area contributed by atoms with Crippen molar-refractivity contribution in [2.24, 2.45) is 0 Å². The van der Waals surface area contributed by atoms with Crippen LogP contribution >= 0.6 is 0 Å². The fourth-order valence-corrected chi connectivity index (χ4v) is 3.86. The van der Waals surface area contributed by atoms with Crippen molar-refractivity contribution in [1.82, 2.24) is 5.32 Å². The van der Waals surface area contributed by atoms with Crippen LogP contribution in [0, 0.1) is 0 Å². The number of hydrogen-bond donors (Lipinski definition) is 2. The van der Waals surface area contributed by atoms with Crippen molar-refractivity contribution in [3.05, 3.63) is 23.8 Å². The predicted octanol–water partition coefficient (Wildman–Crippen LogP) is 0.482. The number of nitrogens with one attached hydrogen (secondary N) is 1. The normalized spacial score (nSPS) is 22.6. The lowest BCUT2D eigenvalue weighted by Gasteiger charge is -2.08. The Balaban J connectivity index is 2.53. The molecule has 4 nitrogen and oxygen atoms in total. The van der Waals surface area contributed by atoms with Crippen LogP contribution < -0.4 is 5.32 Å². The fourth-order valence-electron chi connectivity index (χ4n) is 2.00. The van der Waals surface area contributed by atoms with Gasteiger partial charge in [0.25, 0.3) is 0 Å². The number of likely N-dealkylation sites (N-methyl/N-ethyl adjacent to an activating group) is 1. The van der Waals surface area contributed by atoms with Gasteiger partial charge in [0, 0.05) is 12.5 Å². The zero-order chi connectivity index (χ0) is 11.1. The number of phenols is 1. The maximum absolute atomic E-state index is 11.7. The topological polar surface area (TPSA) is 66.4 Å². The van der Waals surface area contributed by atoms with Crippen LogP contribution in [0.15, 0.2) is 23.1 Å². The first-order valence-electron chi connectivity index (χ1n) is 4.75. The van der Waals surface area contributed by atoms with E-state index in [2.05, 4.69) is 5.32 Å². The van der Waals surface area contributed by atoms with E-state index in [1.165, 1.54) is 12.1 Å². The number of phenolic OH excluding ortho intramolecular Hbond substituents is 1. The average Bonchev–Trinajstić information content (AvgIpc) is 2.39. The van der Waals surface area contributed by atoms with E-state index in [0.717, 1.165) is 5.56 Å². The van der Waals surface area contributed by atoms with E-state index in [1.807, 2.05) is 0 Å². The molecule has 0 saturated heterocycles. The Bertz CT molecular complexity index is 481. The minimum Gasteiger partial charge on any atom is -0.508 e. The molecular formula is C10H13NO3S. The molecule has 5 heteroatoms. The molecule has 82 valence electrons. The van der Waals surface area contributed by atoms with Crippen LogP contribution in [0.3, 0.4) is 0 Å². The molecule has 0 spiro atoms. The summed E-state index contributed by atoms with van der Waals surface area (Å²) in [5.74, 6) is 0.196. The highest BCUT2D eigenvalue weighted by Crippen LogP contribution is 2.36. The standard InChI is InChI=1S/C10H13NO3S/c1-11-5-7-6-15(13,14)10-3-2-8(12)4-9(7)10/h2-4,7,11-12H,5-6H2,1H3. The molecule has 15 heavy (non-hydrogen) atoms. The molecule has 1 unspecified atom stereocenters. The van der Waals surface area contributed by atoms with Gasteiger partial charge in [0.15, 0.2) is 9.84 Å². The van der Waals surface area contributed by atoms with Crippen molar-refractivity contribution in [3.8, 4) is 5.75 Å². The molecule has 1 aliphatic rings. The second kappa shape index (κ2) is 3.50. The summed E-state index contributed by atoms with van der Waals surface area (Å²) in [6.45, 7) is 0.607. The Morgan fingerprint density at radius 1 is 1.53 bits per heavy atom. The average molecular weight is 227 g/mol. The largest absolute Gasteiger partial charge is 0.508 e. The maximum atomic E-state index is 11.7. The Labute approximate surface area is 88.9 Å².